The summed E-state index contributed by atoms with van der Waals surface area (Å²) in [6, 6.07) is 7.51. The molecule has 0 saturated carbocycles. The number of hydrogen-bond donors (Lipinski definition) is 1. The van der Waals surface area contributed by atoms with Crippen molar-refractivity contribution < 1.29 is 26.7 Å². The summed E-state index contributed by atoms with van der Waals surface area (Å²) in [5, 5.41) is 0. The predicted octanol–water partition coefficient (Wildman–Crippen LogP) is 3.00. The molecule has 0 atom stereocenters. The second kappa shape index (κ2) is 7.27. The highest BCUT2D eigenvalue weighted by atomic mass is 79.9. The number of rotatable bonds is 5. The minimum atomic E-state index is -3.73. The Labute approximate surface area is 145 Å². The molecule has 0 aliphatic carbocycles. The van der Waals surface area contributed by atoms with Crippen LogP contribution in [0, 0.1) is 11.6 Å². The third kappa shape index (κ3) is 5.00. The molecule has 0 aliphatic rings. The van der Waals surface area contributed by atoms with Gasteiger partial charge in [0.1, 0.15) is 24.0 Å². The van der Waals surface area contributed by atoms with Crippen LogP contribution in [0.1, 0.15) is 15.9 Å². The van der Waals surface area contributed by atoms with Crippen molar-refractivity contribution >= 4 is 31.9 Å². The molecule has 0 aromatic heterocycles. The Bertz CT molecular complexity index is 887. The predicted molar refractivity (Wildman–Crippen MR) is 87.1 cm³/mol. The summed E-state index contributed by atoms with van der Waals surface area (Å²) in [4.78, 5) is 11.6. The van der Waals surface area contributed by atoms with Gasteiger partial charge in [-0.25, -0.2) is 21.9 Å². The van der Waals surface area contributed by atoms with Crippen LogP contribution in [0.2, 0.25) is 0 Å². The van der Waals surface area contributed by atoms with Gasteiger partial charge in [-0.3, -0.25) is 4.79 Å². The number of ether oxygens (including phenoxy) is 1. The lowest BCUT2D eigenvalue weighted by molar-refractivity contribution is 0.0981. The van der Waals surface area contributed by atoms with Gasteiger partial charge in [-0.15, -0.1) is 0 Å². The largest absolute Gasteiger partial charge is 0.489 e. The average Bonchev–Trinajstić information content (AvgIpc) is 2.47. The third-order valence-electron chi connectivity index (χ3n) is 2.88. The molecule has 128 valence electrons. The maximum Gasteiger partial charge on any atom is 0.264 e. The molecule has 5 nitrogen and oxygen atoms in total. The van der Waals surface area contributed by atoms with E-state index in [1.807, 2.05) is 0 Å². The summed E-state index contributed by atoms with van der Waals surface area (Å²) < 4.78 is 56.5. The highest BCUT2D eigenvalue weighted by molar-refractivity contribution is 9.10. The fourth-order valence-electron chi connectivity index (χ4n) is 1.76. The summed E-state index contributed by atoms with van der Waals surface area (Å²) in [5.41, 5.74) is 0.0255. The van der Waals surface area contributed by atoms with Crippen molar-refractivity contribution in [1.29, 1.82) is 0 Å². The molecule has 0 aliphatic heterocycles. The molecule has 0 bridgehead atoms. The number of carbonyl (C=O) groups excluding carboxylic acids is 1. The highest BCUT2D eigenvalue weighted by Gasteiger charge is 2.14. The minimum absolute atomic E-state index is 0.133. The highest BCUT2D eigenvalue weighted by Crippen LogP contribution is 2.23. The van der Waals surface area contributed by atoms with Crippen LogP contribution in [-0.2, 0) is 16.6 Å². The lowest BCUT2D eigenvalue weighted by atomic mass is 10.1. The van der Waals surface area contributed by atoms with E-state index in [-0.39, 0.29) is 22.2 Å². The van der Waals surface area contributed by atoms with Crippen molar-refractivity contribution in [2.45, 2.75) is 6.61 Å². The molecule has 0 fully saturated rings. The van der Waals surface area contributed by atoms with Gasteiger partial charge in [-0.2, -0.15) is 0 Å². The second-order valence-electron chi connectivity index (χ2n) is 4.87. The zero-order valence-corrected chi connectivity index (χ0v) is 14.7. The Kier molecular flexibility index (Phi) is 5.55. The zero-order chi connectivity index (χ0) is 17.9. The molecule has 0 heterocycles. The fraction of sp³-hybridized carbons (Fsp3) is 0.133. The van der Waals surface area contributed by atoms with Gasteiger partial charge in [0.15, 0.2) is 0 Å². The molecule has 0 spiro atoms. The number of carbonyl (C=O) groups is 1. The first-order chi connectivity index (χ1) is 11.2. The molecule has 2 rings (SSSR count). The maximum absolute atomic E-state index is 14.0. The van der Waals surface area contributed by atoms with Crippen molar-refractivity contribution in [3.63, 3.8) is 0 Å². The normalized spacial score (nSPS) is 11.2. The lowest BCUT2D eigenvalue weighted by Crippen LogP contribution is -2.29. The van der Waals surface area contributed by atoms with Crippen LogP contribution in [0.15, 0.2) is 40.9 Å². The smallest absolute Gasteiger partial charge is 0.264 e. The van der Waals surface area contributed by atoms with Crippen LogP contribution in [0.4, 0.5) is 8.78 Å². The van der Waals surface area contributed by atoms with Crippen LogP contribution < -0.4 is 9.46 Å². The number of hydrogen-bond acceptors (Lipinski definition) is 4. The van der Waals surface area contributed by atoms with E-state index in [0.717, 1.165) is 12.3 Å². The maximum atomic E-state index is 14.0. The van der Waals surface area contributed by atoms with E-state index in [1.54, 1.807) is 4.72 Å². The molecule has 24 heavy (non-hydrogen) atoms. The van der Waals surface area contributed by atoms with Crippen LogP contribution in [-0.4, -0.2) is 20.6 Å². The van der Waals surface area contributed by atoms with Gasteiger partial charge in [-0.1, -0.05) is 6.07 Å². The molecular weight excluding hydrogens is 408 g/mol. The quantitative estimate of drug-likeness (QED) is 0.808. The Balaban J connectivity index is 2.09. The van der Waals surface area contributed by atoms with Crippen molar-refractivity contribution in [3.05, 3.63) is 63.6 Å². The molecule has 9 heteroatoms. The first kappa shape index (κ1) is 18.3. The van der Waals surface area contributed by atoms with Crippen molar-refractivity contribution in [2.24, 2.45) is 0 Å². The molecular formula is C15H12BrF2NO4S. The molecule has 2 aromatic carbocycles. The van der Waals surface area contributed by atoms with E-state index in [9.17, 15) is 22.0 Å². The molecule has 1 N–H and O–H groups in total. The van der Waals surface area contributed by atoms with Crippen LogP contribution in [0.3, 0.4) is 0 Å². The first-order valence-corrected chi connectivity index (χ1v) is 9.22. The number of halogens is 3. The van der Waals surface area contributed by atoms with E-state index in [2.05, 4.69) is 15.9 Å². The van der Waals surface area contributed by atoms with Gasteiger partial charge in [0.2, 0.25) is 10.0 Å². The summed E-state index contributed by atoms with van der Waals surface area (Å²) >= 11 is 3.01. The van der Waals surface area contributed by atoms with E-state index in [0.29, 0.717) is 5.75 Å². The summed E-state index contributed by atoms with van der Waals surface area (Å²) in [6.07, 6.45) is 0.824. The summed E-state index contributed by atoms with van der Waals surface area (Å²) in [6.45, 7) is -0.141. The molecule has 0 radical (unpaired) electrons. The number of benzene rings is 2. The lowest BCUT2D eigenvalue weighted by Gasteiger charge is -2.09. The number of amides is 1. The standard InChI is InChI=1S/C15H12BrF2NO4S/c1-24(21,22)19-15(20)9-2-3-10(14(18)6-9)8-23-11-4-5-13(17)12(16)7-11/h2-7H,8H2,1H3,(H,19,20). The van der Waals surface area contributed by atoms with E-state index in [1.165, 1.54) is 30.3 Å². The molecule has 1 amide bonds. The average molecular weight is 420 g/mol. The second-order valence-corrected chi connectivity index (χ2v) is 7.48. The fourth-order valence-corrected chi connectivity index (χ4v) is 2.57. The van der Waals surface area contributed by atoms with Gasteiger partial charge in [0, 0.05) is 11.1 Å². The van der Waals surface area contributed by atoms with Crippen molar-refractivity contribution in [2.75, 3.05) is 6.26 Å². The van der Waals surface area contributed by atoms with Crippen LogP contribution in [0.5, 0.6) is 5.75 Å². The summed E-state index contributed by atoms with van der Waals surface area (Å²) in [7, 11) is -3.73. The van der Waals surface area contributed by atoms with Crippen molar-refractivity contribution in [1.82, 2.24) is 4.72 Å². The molecule has 0 unspecified atom stereocenters. The number of nitrogens with one attached hydrogen (secondary N) is 1. The van der Waals surface area contributed by atoms with Crippen molar-refractivity contribution in [3.8, 4) is 5.75 Å². The topological polar surface area (TPSA) is 72.5 Å². The van der Waals surface area contributed by atoms with Gasteiger partial charge < -0.3 is 4.74 Å². The Morgan fingerprint density at radius 1 is 1.17 bits per heavy atom. The molecule has 2 aromatic rings. The van der Waals surface area contributed by atoms with E-state index < -0.39 is 27.6 Å². The van der Waals surface area contributed by atoms with E-state index >= 15 is 0 Å². The first-order valence-electron chi connectivity index (χ1n) is 6.54. The van der Waals surface area contributed by atoms with Gasteiger partial charge >= 0.3 is 0 Å². The monoisotopic (exact) mass is 419 g/mol. The minimum Gasteiger partial charge on any atom is -0.489 e. The summed E-state index contributed by atoms with van der Waals surface area (Å²) in [5.74, 6) is -1.76. The van der Waals surface area contributed by atoms with E-state index in [4.69, 9.17) is 4.74 Å². The van der Waals surface area contributed by atoms with Crippen LogP contribution in [0.25, 0.3) is 0 Å². The zero-order valence-electron chi connectivity index (χ0n) is 12.3. The third-order valence-corrected chi connectivity index (χ3v) is 4.04. The Morgan fingerprint density at radius 2 is 1.88 bits per heavy atom. The Hall–Kier alpha value is -2.00. The Morgan fingerprint density at radius 3 is 2.46 bits per heavy atom. The van der Waals surface area contributed by atoms with Gasteiger partial charge in [0.25, 0.3) is 5.91 Å². The SMILES string of the molecule is CS(=O)(=O)NC(=O)c1ccc(COc2ccc(F)c(Br)c2)c(F)c1. The van der Waals surface area contributed by atoms with Gasteiger partial charge in [0.05, 0.1) is 10.7 Å². The van der Waals surface area contributed by atoms with Crippen LogP contribution >= 0.6 is 15.9 Å². The molecule has 0 saturated heterocycles. The number of sulfonamides is 1. The van der Waals surface area contributed by atoms with Gasteiger partial charge in [-0.05, 0) is 46.3 Å².